The Hall–Kier alpha value is -0.600. The van der Waals surface area contributed by atoms with E-state index in [2.05, 4.69) is 0 Å². The molecule has 3 heteroatoms. The van der Waals surface area contributed by atoms with E-state index in [1.54, 1.807) is 24.1 Å². The molecule has 0 heterocycles. The average Bonchev–Trinajstić information content (AvgIpc) is 2.17. The second kappa shape index (κ2) is 5.95. The molecule has 0 aliphatic rings. The molecule has 0 saturated carbocycles. The van der Waals surface area contributed by atoms with Gasteiger partial charge in [0.25, 0.3) is 0 Å². The summed E-state index contributed by atoms with van der Waals surface area (Å²) in [6.07, 6.45) is -0.976. The van der Waals surface area contributed by atoms with E-state index < -0.39 is 6.30 Å². The van der Waals surface area contributed by atoms with Gasteiger partial charge in [0.15, 0.2) is 6.30 Å². The van der Waals surface area contributed by atoms with Crippen molar-refractivity contribution in [2.45, 2.75) is 13.2 Å². The van der Waals surface area contributed by atoms with Gasteiger partial charge in [-0.25, -0.2) is 4.39 Å². The number of halogens is 2. The highest BCUT2D eigenvalue weighted by Crippen LogP contribution is 2.19. The number of hydrogen-bond acceptors (Lipinski definition) is 1. The fourth-order valence-electron chi connectivity index (χ4n) is 1.03. The van der Waals surface area contributed by atoms with Crippen LogP contribution in [0, 0.1) is 0 Å². The third kappa shape index (κ3) is 3.33. The highest BCUT2D eigenvalue weighted by Gasteiger charge is 2.12. The lowest BCUT2D eigenvalue weighted by molar-refractivity contribution is 0.117. The monoisotopic (exact) mass is 203 g/mol. The van der Waals surface area contributed by atoms with Crippen LogP contribution >= 0.6 is 12.4 Å². The van der Waals surface area contributed by atoms with Crippen LogP contribution in [0.4, 0.5) is 4.39 Å². The van der Waals surface area contributed by atoms with Crippen molar-refractivity contribution in [2.75, 3.05) is 13.6 Å². The molecule has 0 fully saturated rings. The van der Waals surface area contributed by atoms with Crippen molar-refractivity contribution in [1.82, 2.24) is 4.90 Å². The molecule has 0 aliphatic heterocycles. The molecular formula is C10H15ClFN. The zero-order valence-electron chi connectivity index (χ0n) is 7.90. The van der Waals surface area contributed by atoms with E-state index in [1.807, 2.05) is 25.1 Å². The lowest BCUT2D eigenvalue weighted by Crippen LogP contribution is -2.20. The van der Waals surface area contributed by atoms with E-state index in [1.165, 1.54) is 0 Å². The third-order valence-electron chi connectivity index (χ3n) is 1.96. The van der Waals surface area contributed by atoms with Crippen LogP contribution in [0.25, 0.3) is 0 Å². The minimum absolute atomic E-state index is 0. The Labute approximate surface area is 85.0 Å². The van der Waals surface area contributed by atoms with Crippen molar-refractivity contribution in [3.63, 3.8) is 0 Å². The molecule has 0 bridgehead atoms. The topological polar surface area (TPSA) is 3.24 Å². The Morgan fingerprint density at radius 1 is 1.31 bits per heavy atom. The maximum absolute atomic E-state index is 13.5. The first-order valence-electron chi connectivity index (χ1n) is 4.15. The molecule has 1 atom stereocenters. The molecule has 0 spiro atoms. The molecule has 0 aliphatic carbocycles. The maximum atomic E-state index is 13.5. The van der Waals surface area contributed by atoms with Gasteiger partial charge in [-0.1, -0.05) is 37.3 Å². The minimum atomic E-state index is -0.976. The van der Waals surface area contributed by atoms with Crippen LogP contribution in [0.3, 0.4) is 0 Å². The summed E-state index contributed by atoms with van der Waals surface area (Å²) < 4.78 is 13.5. The summed E-state index contributed by atoms with van der Waals surface area (Å²) in [5, 5.41) is 0. The largest absolute Gasteiger partial charge is 0.274 e. The van der Waals surface area contributed by atoms with Crippen LogP contribution in [0.5, 0.6) is 0 Å². The predicted molar refractivity (Wildman–Crippen MR) is 55.8 cm³/mol. The zero-order valence-corrected chi connectivity index (χ0v) is 8.72. The molecule has 74 valence electrons. The van der Waals surface area contributed by atoms with Crippen LogP contribution in [0.1, 0.15) is 18.8 Å². The van der Waals surface area contributed by atoms with E-state index in [0.29, 0.717) is 0 Å². The fourth-order valence-corrected chi connectivity index (χ4v) is 1.03. The summed E-state index contributed by atoms with van der Waals surface area (Å²) in [5.41, 5.74) is 0.724. The number of rotatable bonds is 3. The van der Waals surface area contributed by atoms with Crippen LogP contribution in [-0.2, 0) is 0 Å². The van der Waals surface area contributed by atoms with Crippen molar-refractivity contribution in [3.8, 4) is 0 Å². The van der Waals surface area contributed by atoms with Gasteiger partial charge < -0.3 is 0 Å². The van der Waals surface area contributed by atoms with Gasteiger partial charge in [-0.15, -0.1) is 12.4 Å². The number of hydrogen-bond donors (Lipinski definition) is 0. The van der Waals surface area contributed by atoms with E-state index in [0.717, 1.165) is 12.1 Å². The molecule has 1 rings (SSSR count). The molecule has 0 N–H and O–H groups in total. The van der Waals surface area contributed by atoms with Gasteiger partial charge in [0.2, 0.25) is 0 Å². The molecule has 1 aromatic carbocycles. The zero-order chi connectivity index (χ0) is 8.97. The Morgan fingerprint density at radius 2 is 1.85 bits per heavy atom. The molecule has 13 heavy (non-hydrogen) atoms. The van der Waals surface area contributed by atoms with E-state index in [-0.39, 0.29) is 12.4 Å². The van der Waals surface area contributed by atoms with E-state index in [4.69, 9.17) is 0 Å². The Kier molecular flexibility index (Phi) is 5.67. The van der Waals surface area contributed by atoms with E-state index in [9.17, 15) is 4.39 Å². The second-order valence-electron chi connectivity index (χ2n) is 2.82. The summed E-state index contributed by atoms with van der Waals surface area (Å²) in [4.78, 5) is 1.66. The molecule has 0 aromatic heterocycles. The van der Waals surface area contributed by atoms with Gasteiger partial charge in [-0.3, -0.25) is 4.90 Å². The van der Waals surface area contributed by atoms with Crippen molar-refractivity contribution in [2.24, 2.45) is 0 Å². The van der Waals surface area contributed by atoms with Crippen molar-refractivity contribution >= 4 is 12.4 Å². The standard InChI is InChI=1S/C10H14FN.ClH/c1-3-12(2)10(11)9-7-5-4-6-8-9;/h4-8,10H,3H2,1-2H3;1H. The first kappa shape index (κ1) is 12.4. The molecule has 1 nitrogen and oxygen atoms in total. The number of alkyl halides is 1. The van der Waals surface area contributed by atoms with E-state index >= 15 is 0 Å². The number of benzene rings is 1. The summed E-state index contributed by atoms with van der Waals surface area (Å²) >= 11 is 0. The lowest BCUT2D eigenvalue weighted by atomic mass is 10.2. The summed E-state index contributed by atoms with van der Waals surface area (Å²) in [6, 6.07) is 9.20. The molecular weight excluding hydrogens is 189 g/mol. The minimum Gasteiger partial charge on any atom is -0.274 e. The molecule has 1 unspecified atom stereocenters. The summed E-state index contributed by atoms with van der Waals surface area (Å²) in [7, 11) is 1.78. The maximum Gasteiger partial charge on any atom is 0.179 e. The van der Waals surface area contributed by atoms with Gasteiger partial charge in [-0.05, 0) is 13.6 Å². The fraction of sp³-hybridized carbons (Fsp3) is 0.400. The SMILES string of the molecule is CCN(C)C(F)c1ccccc1.Cl. The first-order chi connectivity index (χ1) is 5.75. The Balaban J connectivity index is 0.00000144. The van der Waals surface area contributed by atoms with Crippen molar-refractivity contribution in [3.05, 3.63) is 35.9 Å². The van der Waals surface area contributed by atoms with Crippen molar-refractivity contribution in [1.29, 1.82) is 0 Å². The predicted octanol–water partition coefficient (Wildman–Crippen LogP) is 3.03. The second-order valence-corrected chi connectivity index (χ2v) is 2.82. The molecule has 1 aromatic rings. The van der Waals surface area contributed by atoms with Crippen LogP contribution < -0.4 is 0 Å². The summed E-state index contributed by atoms with van der Waals surface area (Å²) in [6.45, 7) is 2.66. The van der Waals surface area contributed by atoms with Gasteiger partial charge in [0.1, 0.15) is 0 Å². The Morgan fingerprint density at radius 3 is 2.31 bits per heavy atom. The highest BCUT2D eigenvalue weighted by atomic mass is 35.5. The van der Waals surface area contributed by atoms with Gasteiger partial charge in [0, 0.05) is 5.56 Å². The summed E-state index contributed by atoms with van der Waals surface area (Å²) in [5.74, 6) is 0. The Bertz CT molecular complexity index is 228. The van der Waals surface area contributed by atoms with Crippen LogP contribution in [0.2, 0.25) is 0 Å². The molecule has 0 amide bonds. The number of nitrogens with zero attached hydrogens (tertiary/aromatic N) is 1. The van der Waals surface area contributed by atoms with Crippen LogP contribution in [0.15, 0.2) is 30.3 Å². The highest BCUT2D eigenvalue weighted by molar-refractivity contribution is 5.85. The quantitative estimate of drug-likeness (QED) is 0.683. The van der Waals surface area contributed by atoms with Gasteiger partial charge in [0.05, 0.1) is 0 Å². The third-order valence-corrected chi connectivity index (χ3v) is 1.96. The lowest BCUT2D eigenvalue weighted by Gasteiger charge is -2.19. The first-order valence-corrected chi connectivity index (χ1v) is 4.15. The van der Waals surface area contributed by atoms with Crippen molar-refractivity contribution < 1.29 is 4.39 Å². The smallest absolute Gasteiger partial charge is 0.179 e. The normalized spacial score (nSPS) is 12.3. The van der Waals surface area contributed by atoms with Gasteiger partial charge >= 0.3 is 0 Å². The van der Waals surface area contributed by atoms with Crippen LogP contribution in [-0.4, -0.2) is 18.5 Å². The molecule has 0 radical (unpaired) electrons. The van der Waals surface area contributed by atoms with Gasteiger partial charge in [-0.2, -0.15) is 0 Å². The average molecular weight is 204 g/mol. The molecule has 0 saturated heterocycles.